The van der Waals surface area contributed by atoms with Gasteiger partial charge in [-0.3, -0.25) is 4.79 Å². The Morgan fingerprint density at radius 2 is 1.95 bits per heavy atom. The van der Waals surface area contributed by atoms with E-state index in [0.717, 1.165) is 30.4 Å². The zero-order chi connectivity index (χ0) is 15.0. The van der Waals surface area contributed by atoms with Gasteiger partial charge >= 0.3 is 5.97 Å². The van der Waals surface area contributed by atoms with E-state index in [1.807, 2.05) is 6.92 Å². The summed E-state index contributed by atoms with van der Waals surface area (Å²) in [5, 5.41) is 10.3. The summed E-state index contributed by atoms with van der Waals surface area (Å²) in [5.74, 6) is 0.423. The lowest BCUT2D eigenvalue weighted by atomic mass is 9.67. The third kappa shape index (κ3) is 2.16. The van der Waals surface area contributed by atoms with E-state index in [1.165, 1.54) is 0 Å². The maximum Gasteiger partial charge on any atom is 0.314 e. The first-order valence-corrected chi connectivity index (χ1v) is 7.83. The maximum absolute atomic E-state index is 12.0. The summed E-state index contributed by atoms with van der Waals surface area (Å²) in [6.45, 7) is 2.15. The maximum atomic E-state index is 12.0. The third-order valence-electron chi connectivity index (χ3n) is 4.69. The van der Waals surface area contributed by atoms with Gasteiger partial charge in [-0.05, 0) is 30.9 Å². The van der Waals surface area contributed by atoms with Crippen LogP contribution < -0.4 is 9.47 Å². The second-order valence-corrected chi connectivity index (χ2v) is 6.16. The molecule has 1 N–H and O–H groups in total. The molecule has 4 nitrogen and oxygen atoms in total. The van der Waals surface area contributed by atoms with Gasteiger partial charge in [0, 0.05) is 5.56 Å². The van der Waals surface area contributed by atoms with Gasteiger partial charge in [0.1, 0.15) is 0 Å². The van der Waals surface area contributed by atoms with Crippen LogP contribution in [0.25, 0.3) is 0 Å². The molecule has 3 rings (SSSR count). The zero-order valence-electron chi connectivity index (χ0n) is 12.1. The van der Waals surface area contributed by atoms with Crippen LogP contribution in [0.3, 0.4) is 0 Å². The summed E-state index contributed by atoms with van der Waals surface area (Å²) in [7, 11) is 0. The zero-order valence-corrected chi connectivity index (χ0v) is 12.8. The van der Waals surface area contributed by atoms with E-state index >= 15 is 0 Å². The van der Waals surface area contributed by atoms with Gasteiger partial charge in [0.15, 0.2) is 11.5 Å². The Labute approximate surface area is 129 Å². The third-order valence-corrected chi connectivity index (χ3v) is 4.97. The minimum Gasteiger partial charge on any atom is -0.481 e. The molecule has 1 aromatic carbocycles. The topological polar surface area (TPSA) is 55.8 Å². The van der Waals surface area contributed by atoms with Crippen molar-refractivity contribution in [3.63, 3.8) is 0 Å². The number of carboxylic acid groups (broad SMARTS) is 1. The first kappa shape index (κ1) is 14.5. The summed E-state index contributed by atoms with van der Waals surface area (Å²) >= 11 is 6.29. The van der Waals surface area contributed by atoms with E-state index in [-0.39, 0.29) is 6.79 Å². The van der Waals surface area contributed by atoms with Crippen LogP contribution in [0.5, 0.6) is 11.5 Å². The minimum atomic E-state index is -0.839. The van der Waals surface area contributed by atoms with Crippen molar-refractivity contribution in [2.24, 2.45) is 0 Å². The van der Waals surface area contributed by atoms with Gasteiger partial charge in [-0.2, -0.15) is 0 Å². The van der Waals surface area contributed by atoms with Crippen LogP contribution in [0.15, 0.2) is 6.07 Å². The highest BCUT2D eigenvalue weighted by Gasteiger charge is 2.44. The molecule has 1 saturated carbocycles. The lowest BCUT2D eigenvalue weighted by molar-refractivity contribution is -0.145. The van der Waals surface area contributed by atoms with Crippen LogP contribution in [0, 0.1) is 0 Å². The van der Waals surface area contributed by atoms with Crippen LogP contribution >= 0.6 is 11.6 Å². The Hall–Kier alpha value is -1.42. The van der Waals surface area contributed by atoms with Crippen LogP contribution in [0.4, 0.5) is 0 Å². The van der Waals surface area contributed by atoms with E-state index in [9.17, 15) is 9.90 Å². The molecule has 21 heavy (non-hydrogen) atoms. The predicted molar refractivity (Wildman–Crippen MR) is 79.4 cm³/mol. The van der Waals surface area contributed by atoms with E-state index in [0.29, 0.717) is 35.8 Å². The van der Waals surface area contributed by atoms with E-state index in [1.54, 1.807) is 6.07 Å². The van der Waals surface area contributed by atoms with Gasteiger partial charge in [0.2, 0.25) is 6.79 Å². The van der Waals surface area contributed by atoms with E-state index < -0.39 is 11.4 Å². The Kier molecular flexibility index (Phi) is 3.74. The second-order valence-electron chi connectivity index (χ2n) is 5.75. The molecule has 0 aromatic heterocycles. The predicted octanol–water partition coefficient (Wildman–Crippen LogP) is 3.92. The van der Waals surface area contributed by atoms with Gasteiger partial charge in [0.05, 0.1) is 10.4 Å². The summed E-state index contributed by atoms with van der Waals surface area (Å²) < 4.78 is 11.0. The SMILES string of the molecule is CCc1c(C2(C(=O)O)CCCCC2)cc(Cl)c2c1OCO2. The average molecular weight is 311 g/mol. The number of carbonyl (C=O) groups is 1. The molecule has 0 saturated heterocycles. The normalized spacial score (nSPS) is 19.5. The molecule has 2 aliphatic rings. The molecular weight excluding hydrogens is 292 g/mol. The molecule has 0 unspecified atom stereocenters. The number of hydrogen-bond donors (Lipinski definition) is 1. The summed E-state index contributed by atoms with van der Waals surface area (Å²) in [5.41, 5.74) is 0.899. The largest absolute Gasteiger partial charge is 0.481 e. The van der Waals surface area contributed by atoms with Crippen molar-refractivity contribution in [3.8, 4) is 11.5 Å². The number of aliphatic carboxylic acids is 1. The molecule has 5 heteroatoms. The van der Waals surface area contributed by atoms with Gasteiger partial charge in [-0.25, -0.2) is 0 Å². The van der Waals surface area contributed by atoms with Crippen LogP contribution in [-0.4, -0.2) is 17.9 Å². The first-order chi connectivity index (χ1) is 10.1. The van der Waals surface area contributed by atoms with Gasteiger partial charge in [0.25, 0.3) is 0 Å². The number of halogens is 1. The summed E-state index contributed by atoms with van der Waals surface area (Å²) in [6.07, 6.45) is 4.97. The van der Waals surface area contributed by atoms with Gasteiger partial charge < -0.3 is 14.6 Å². The Morgan fingerprint density at radius 1 is 1.29 bits per heavy atom. The highest BCUT2D eigenvalue weighted by atomic mass is 35.5. The lowest BCUT2D eigenvalue weighted by Gasteiger charge is -2.35. The Balaban J connectivity index is 2.21. The van der Waals surface area contributed by atoms with Crippen molar-refractivity contribution in [2.75, 3.05) is 6.79 Å². The lowest BCUT2D eigenvalue weighted by Crippen LogP contribution is -2.38. The van der Waals surface area contributed by atoms with Crippen molar-refractivity contribution in [1.29, 1.82) is 0 Å². The number of benzene rings is 1. The quantitative estimate of drug-likeness (QED) is 0.919. The molecule has 1 fully saturated rings. The van der Waals surface area contributed by atoms with Crippen molar-refractivity contribution >= 4 is 17.6 Å². The highest BCUT2D eigenvalue weighted by Crippen LogP contribution is 2.50. The molecule has 1 heterocycles. The smallest absolute Gasteiger partial charge is 0.314 e. The fraction of sp³-hybridized carbons (Fsp3) is 0.562. The molecule has 0 bridgehead atoms. The monoisotopic (exact) mass is 310 g/mol. The molecule has 0 amide bonds. The summed E-state index contributed by atoms with van der Waals surface area (Å²) in [4.78, 5) is 12.0. The molecule has 1 aliphatic carbocycles. The van der Waals surface area contributed by atoms with Crippen LogP contribution in [0.1, 0.15) is 50.2 Å². The van der Waals surface area contributed by atoms with Gasteiger partial charge in [-0.15, -0.1) is 0 Å². The number of rotatable bonds is 3. The number of carboxylic acids is 1. The number of hydrogen-bond acceptors (Lipinski definition) is 3. The summed E-state index contributed by atoms with van der Waals surface area (Å²) in [6, 6.07) is 1.79. The van der Waals surface area contributed by atoms with Crippen molar-refractivity contribution in [2.45, 2.75) is 50.9 Å². The number of ether oxygens (including phenoxy) is 2. The minimum absolute atomic E-state index is 0.144. The van der Waals surface area contributed by atoms with Gasteiger partial charge in [-0.1, -0.05) is 37.8 Å². The van der Waals surface area contributed by atoms with Crippen molar-refractivity contribution in [3.05, 3.63) is 22.2 Å². The first-order valence-electron chi connectivity index (χ1n) is 7.45. The molecule has 1 aliphatic heterocycles. The Bertz CT molecular complexity index is 576. The van der Waals surface area contributed by atoms with E-state index in [2.05, 4.69) is 0 Å². The van der Waals surface area contributed by atoms with Crippen LogP contribution in [0.2, 0.25) is 5.02 Å². The van der Waals surface area contributed by atoms with Crippen LogP contribution in [-0.2, 0) is 16.6 Å². The molecular formula is C16H19ClO4. The molecule has 0 atom stereocenters. The van der Waals surface area contributed by atoms with E-state index in [4.69, 9.17) is 21.1 Å². The molecule has 0 spiro atoms. The molecule has 1 aromatic rings. The fourth-order valence-electron chi connectivity index (χ4n) is 3.61. The second kappa shape index (κ2) is 5.41. The Morgan fingerprint density at radius 3 is 2.57 bits per heavy atom. The molecule has 114 valence electrons. The highest BCUT2D eigenvalue weighted by molar-refractivity contribution is 6.32. The number of fused-ring (bicyclic) bond motifs is 1. The average Bonchev–Trinajstić information content (AvgIpc) is 2.97. The van der Waals surface area contributed by atoms with Crippen molar-refractivity contribution in [1.82, 2.24) is 0 Å². The molecule has 0 radical (unpaired) electrons. The van der Waals surface area contributed by atoms with Crippen molar-refractivity contribution < 1.29 is 19.4 Å². The standard InChI is InChI=1S/C16H19ClO4/c1-2-10-11(8-12(17)14-13(10)20-9-21-14)16(15(18)19)6-4-3-5-7-16/h8H,2-7,9H2,1H3,(H,18,19). The fourth-order valence-corrected chi connectivity index (χ4v) is 3.86.